The first kappa shape index (κ1) is 13.9. The highest BCUT2D eigenvalue weighted by Crippen LogP contribution is 2.33. The highest BCUT2D eigenvalue weighted by molar-refractivity contribution is 6.39. The summed E-state index contributed by atoms with van der Waals surface area (Å²) in [6.07, 6.45) is 0.234. The van der Waals surface area contributed by atoms with E-state index in [0.29, 0.717) is 16.9 Å². The minimum Gasteiger partial charge on any atom is -0.398 e. The largest absolute Gasteiger partial charge is 0.398 e. The lowest BCUT2D eigenvalue weighted by molar-refractivity contribution is -0.115. The van der Waals surface area contributed by atoms with Crippen LogP contribution in [0, 0.1) is 0 Å². The van der Waals surface area contributed by atoms with Crippen LogP contribution in [0.5, 0.6) is 0 Å². The monoisotopic (exact) mass is 320 g/mol. The first-order chi connectivity index (χ1) is 9.97. The van der Waals surface area contributed by atoms with Crippen LogP contribution >= 0.6 is 23.2 Å². The van der Waals surface area contributed by atoms with Gasteiger partial charge in [-0.1, -0.05) is 29.3 Å². The zero-order valence-corrected chi connectivity index (χ0v) is 12.3. The molecule has 2 aromatic carbocycles. The van der Waals surface area contributed by atoms with Crippen molar-refractivity contribution in [1.29, 1.82) is 0 Å². The molecule has 2 aromatic rings. The number of anilines is 2. The number of rotatable bonds is 2. The summed E-state index contributed by atoms with van der Waals surface area (Å²) in [6.45, 7) is 0. The topological polar surface area (TPSA) is 72.2 Å². The number of nitrogens with two attached hydrogens (primary N) is 1. The standard InChI is InChI=1S/C15H10Cl2N2O2/c16-10-6-12-7(5-13(20)19-12)4-9(10)15(21)8-2-1-3-11(18)14(8)17/h1-4,6H,5,18H2,(H,19,20). The van der Waals surface area contributed by atoms with Crippen LogP contribution in [0.2, 0.25) is 10.0 Å². The molecule has 0 spiro atoms. The fraction of sp³-hybridized carbons (Fsp3) is 0.0667. The minimum absolute atomic E-state index is 0.118. The second-order valence-corrected chi connectivity index (χ2v) is 5.54. The molecule has 1 aliphatic heterocycles. The second-order valence-electron chi connectivity index (χ2n) is 4.75. The van der Waals surface area contributed by atoms with Gasteiger partial charge >= 0.3 is 0 Å². The molecular formula is C15H10Cl2N2O2. The summed E-state index contributed by atoms with van der Waals surface area (Å²) in [5.74, 6) is -0.438. The molecule has 0 unspecified atom stereocenters. The molecule has 3 N–H and O–H groups in total. The molecule has 0 fully saturated rings. The van der Waals surface area contributed by atoms with Crippen molar-refractivity contribution in [2.45, 2.75) is 6.42 Å². The predicted molar refractivity (Wildman–Crippen MR) is 83.1 cm³/mol. The molecule has 3 rings (SSSR count). The van der Waals surface area contributed by atoms with Gasteiger partial charge in [-0.15, -0.1) is 0 Å². The van der Waals surface area contributed by atoms with Gasteiger partial charge in [-0.3, -0.25) is 9.59 Å². The van der Waals surface area contributed by atoms with Crippen molar-refractivity contribution in [2.24, 2.45) is 0 Å². The third kappa shape index (κ3) is 2.37. The van der Waals surface area contributed by atoms with E-state index in [0.717, 1.165) is 5.56 Å². The highest BCUT2D eigenvalue weighted by atomic mass is 35.5. The molecule has 1 heterocycles. The summed E-state index contributed by atoms with van der Waals surface area (Å²) in [5, 5.41) is 3.15. The van der Waals surface area contributed by atoms with E-state index in [4.69, 9.17) is 28.9 Å². The molecule has 0 aliphatic carbocycles. The number of fused-ring (bicyclic) bond motifs is 1. The number of benzene rings is 2. The number of carbonyl (C=O) groups excluding carboxylic acids is 2. The molecule has 0 atom stereocenters. The lowest BCUT2D eigenvalue weighted by Crippen LogP contribution is -2.05. The number of hydrogen-bond acceptors (Lipinski definition) is 3. The number of halogens is 2. The Balaban J connectivity index is 2.09. The molecular weight excluding hydrogens is 311 g/mol. The number of amides is 1. The van der Waals surface area contributed by atoms with Crippen molar-refractivity contribution < 1.29 is 9.59 Å². The quantitative estimate of drug-likeness (QED) is 0.658. The molecule has 106 valence electrons. The van der Waals surface area contributed by atoms with Crippen molar-refractivity contribution >= 4 is 46.3 Å². The van der Waals surface area contributed by atoms with E-state index in [1.807, 2.05) is 0 Å². The van der Waals surface area contributed by atoms with E-state index >= 15 is 0 Å². The summed E-state index contributed by atoms with van der Waals surface area (Å²) >= 11 is 12.2. The zero-order chi connectivity index (χ0) is 15.1. The van der Waals surface area contributed by atoms with E-state index in [-0.39, 0.29) is 33.7 Å². The van der Waals surface area contributed by atoms with Crippen LogP contribution in [0.3, 0.4) is 0 Å². The Hall–Kier alpha value is -2.04. The maximum atomic E-state index is 12.6. The Kier molecular flexibility index (Phi) is 3.35. The molecule has 1 amide bonds. The molecule has 0 saturated heterocycles. The molecule has 4 nitrogen and oxygen atoms in total. The van der Waals surface area contributed by atoms with Crippen LogP contribution < -0.4 is 11.1 Å². The third-order valence-electron chi connectivity index (χ3n) is 3.34. The fourth-order valence-corrected chi connectivity index (χ4v) is 2.75. The van der Waals surface area contributed by atoms with Crippen molar-refractivity contribution in [3.63, 3.8) is 0 Å². The lowest BCUT2D eigenvalue weighted by Gasteiger charge is -2.09. The SMILES string of the molecule is Nc1cccc(C(=O)c2cc3c(cc2Cl)NC(=O)C3)c1Cl. The van der Waals surface area contributed by atoms with Crippen molar-refractivity contribution in [2.75, 3.05) is 11.1 Å². The maximum Gasteiger partial charge on any atom is 0.228 e. The fourth-order valence-electron chi connectivity index (χ4n) is 2.29. The van der Waals surface area contributed by atoms with Crippen LogP contribution in [0.25, 0.3) is 0 Å². The Bertz CT molecular complexity index is 787. The molecule has 0 bridgehead atoms. The van der Waals surface area contributed by atoms with Gasteiger partial charge in [0, 0.05) is 16.8 Å². The van der Waals surface area contributed by atoms with Crippen molar-refractivity contribution in [1.82, 2.24) is 0 Å². The average Bonchev–Trinajstić information content (AvgIpc) is 2.79. The summed E-state index contributed by atoms with van der Waals surface area (Å²) in [4.78, 5) is 24.0. The number of nitrogens with one attached hydrogen (secondary N) is 1. The van der Waals surface area contributed by atoms with Crippen LogP contribution in [0.15, 0.2) is 30.3 Å². The number of hydrogen-bond donors (Lipinski definition) is 2. The Labute approximate surface area is 130 Å². The van der Waals surface area contributed by atoms with Gasteiger partial charge in [0.25, 0.3) is 0 Å². The van der Waals surface area contributed by atoms with Crippen LogP contribution in [0.4, 0.5) is 11.4 Å². The van der Waals surface area contributed by atoms with Crippen LogP contribution in [0.1, 0.15) is 21.5 Å². The third-order valence-corrected chi connectivity index (χ3v) is 4.07. The molecule has 21 heavy (non-hydrogen) atoms. The summed E-state index contributed by atoms with van der Waals surface area (Å²) in [7, 11) is 0. The first-order valence-electron chi connectivity index (χ1n) is 6.18. The summed E-state index contributed by atoms with van der Waals surface area (Å²) in [5.41, 5.74) is 8.02. The molecule has 0 aromatic heterocycles. The Morgan fingerprint density at radius 2 is 1.95 bits per heavy atom. The van der Waals surface area contributed by atoms with E-state index in [2.05, 4.69) is 5.32 Å². The smallest absolute Gasteiger partial charge is 0.228 e. The summed E-state index contributed by atoms with van der Waals surface area (Å²) < 4.78 is 0. The van der Waals surface area contributed by atoms with Crippen LogP contribution in [-0.2, 0) is 11.2 Å². The Morgan fingerprint density at radius 1 is 1.19 bits per heavy atom. The van der Waals surface area contributed by atoms with E-state index in [1.165, 1.54) is 0 Å². The summed E-state index contributed by atoms with van der Waals surface area (Å²) in [6, 6.07) is 8.06. The number of ketones is 1. The predicted octanol–water partition coefficient (Wildman–Crippen LogP) is 3.30. The van der Waals surface area contributed by atoms with E-state index in [9.17, 15) is 9.59 Å². The van der Waals surface area contributed by atoms with Gasteiger partial charge in [0.05, 0.1) is 22.2 Å². The van der Waals surface area contributed by atoms with Gasteiger partial charge in [-0.25, -0.2) is 0 Å². The second kappa shape index (κ2) is 5.06. The molecule has 0 radical (unpaired) electrons. The van der Waals surface area contributed by atoms with E-state index < -0.39 is 0 Å². The molecule has 6 heteroatoms. The van der Waals surface area contributed by atoms with Gasteiger partial charge < -0.3 is 11.1 Å². The van der Waals surface area contributed by atoms with Crippen molar-refractivity contribution in [3.8, 4) is 0 Å². The van der Waals surface area contributed by atoms with Gasteiger partial charge in [-0.2, -0.15) is 0 Å². The van der Waals surface area contributed by atoms with Gasteiger partial charge in [-0.05, 0) is 29.8 Å². The Morgan fingerprint density at radius 3 is 2.71 bits per heavy atom. The average molecular weight is 321 g/mol. The molecule has 1 aliphatic rings. The van der Waals surface area contributed by atoms with Gasteiger partial charge in [0.2, 0.25) is 5.91 Å². The van der Waals surface area contributed by atoms with Crippen molar-refractivity contribution in [3.05, 3.63) is 57.1 Å². The van der Waals surface area contributed by atoms with Gasteiger partial charge in [0.1, 0.15) is 0 Å². The number of carbonyl (C=O) groups is 2. The van der Waals surface area contributed by atoms with Crippen LogP contribution in [-0.4, -0.2) is 11.7 Å². The minimum atomic E-state index is -0.320. The highest BCUT2D eigenvalue weighted by Gasteiger charge is 2.23. The van der Waals surface area contributed by atoms with E-state index in [1.54, 1.807) is 30.3 Å². The first-order valence-corrected chi connectivity index (χ1v) is 6.94. The maximum absolute atomic E-state index is 12.6. The lowest BCUT2D eigenvalue weighted by atomic mass is 9.99. The zero-order valence-electron chi connectivity index (χ0n) is 10.7. The molecule has 0 saturated carbocycles. The van der Waals surface area contributed by atoms with Gasteiger partial charge in [0.15, 0.2) is 5.78 Å². The normalized spacial score (nSPS) is 13.0. The number of nitrogen functional groups attached to an aromatic ring is 1.